The molecule has 1 aromatic heterocycles. The first kappa shape index (κ1) is 16.8. The molecule has 0 aliphatic rings. The highest BCUT2D eigenvalue weighted by molar-refractivity contribution is 5.71. The lowest BCUT2D eigenvalue weighted by Gasteiger charge is -2.16. The SMILES string of the molecule is Cc1cc(C)cc(-c2c(C(C)C)nn(C(C)C)c2C(C)C)c1. The van der Waals surface area contributed by atoms with Gasteiger partial charge in [-0.1, -0.05) is 57.0 Å². The van der Waals surface area contributed by atoms with Gasteiger partial charge in [0, 0.05) is 17.3 Å². The van der Waals surface area contributed by atoms with E-state index in [-0.39, 0.29) is 0 Å². The zero-order valence-electron chi connectivity index (χ0n) is 15.4. The van der Waals surface area contributed by atoms with Crippen LogP contribution in [0.2, 0.25) is 0 Å². The molecule has 0 N–H and O–H groups in total. The van der Waals surface area contributed by atoms with Gasteiger partial charge in [0.1, 0.15) is 0 Å². The van der Waals surface area contributed by atoms with Crippen molar-refractivity contribution in [1.29, 1.82) is 0 Å². The second-order valence-electron chi connectivity index (χ2n) is 7.37. The van der Waals surface area contributed by atoms with Crippen LogP contribution in [0.15, 0.2) is 18.2 Å². The van der Waals surface area contributed by atoms with Crippen molar-refractivity contribution in [2.75, 3.05) is 0 Å². The third kappa shape index (κ3) is 3.11. The molecule has 0 unspecified atom stereocenters. The van der Waals surface area contributed by atoms with E-state index in [1.165, 1.54) is 33.6 Å². The lowest BCUT2D eigenvalue weighted by atomic mass is 9.91. The molecular weight excluding hydrogens is 268 g/mol. The fourth-order valence-corrected chi connectivity index (χ4v) is 3.23. The minimum absolute atomic E-state index is 0.384. The zero-order chi connectivity index (χ0) is 16.6. The summed E-state index contributed by atoms with van der Waals surface area (Å²) in [5.41, 5.74) is 7.89. The van der Waals surface area contributed by atoms with Crippen LogP contribution >= 0.6 is 0 Å². The van der Waals surface area contributed by atoms with Gasteiger partial charge in [-0.2, -0.15) is 5.10 Å². The summed E-state index contributed by atoms with van der Waals surface area (Å²) in [5, 5.41) is 4.98. The first-order valence-corrected chi connectivity index (χ1v) is 8.43. The van der Waals surface area contributed by atoms with Crippen molar-refractivity contribution in [1.82, 2.24) is 9.78 Å². The van der Waals surface area contributed by atoms with E-state index < -0.39 is 0 Å². The van der Waals surface area contributed by atoms with Crippen molar-refractivity contribution >= 4 is 0 Å². The predicted octanol–water partition coefficient (Wildman–Crippen LogP) is 5.99. The highest BCUT2D eigenvalue weighted by Crippen LogP contribution is 2.38. The molecule has 0 radical (unpaired) electrons. The Hall–Kier alpha value is -1.57. The zero-order valence-corrected chi connectivity index (χ0v) is 15.4. The normalized spacial score (nSPS) is 12.0. The second kappa shape index (κ2) is 6.28. The second-order valence-corrected chi connectivity index (χ2v) is 7.37. The van der Waals surface area contributed by atoms with Gasteiger partial charge in [-0.05, 0) is 45.1 Å². The topological polar surface area (TPSA) is 17.8 Å². The van der Waals surface area contributed by atoms with E-state index in [0.717, 1.165) is 0 Å². The van der Waals surface area contributed by atoms with Crippen LogP contribution in [0, 0.1) is 13.8 Å². The van der Waals surface area contributed by atoms with Crippen LogP contribution in [0.1, 0.15) is 81.9 Å². The summed E-state index contributed by atoms with van der Waals surface area (Å²) in [7, 11) is 0. The molecule has 2 rings (SSSR count). The highest BCUT2D eigenvalue weighted by Gasteiger charge is 2.24. The minimum Gasteiger partial charge on any atom is -0.266 e. The van der Waals surface area contributed by atoms with Gasteiger partial charge in [-0.15, -0.1) is 0 Å². The molecule has 0 spiro atoms. The first-order valence-electron chi connectivity index (χ1n) is 8.43. The van der Waals surface area contributed by atoms with Crippen molar-refractivity contribution in [3.63, 3.8) is 0 Å². The maximum Gasteiger partial charge on any atom is 0.0731 e. The quantitative estimate of drug-likeness (QED) is 0.677. The first-order chi connectivity index (χ1) is 10.2. The summed E-state index contributed by atoms with van der Waals surface area (Å²) in [6.07, 6.45) is 0. The van der Waals surface area contributed by atoms with Gasteiger partial charge in [0.15, 0.2) is 0 Å². The minimum atomic E-state index is 0.384. The monoisotopic (exact) mass is 298 g/mol. The van der Waals surface area contributed by atoms with Crippen LogP contribution in [-0.4, -0.2) is 9.78 Å². The van der Waals surface area contributed by atoms with Crippen molar-refractivity contribution in [2.24, 2.45) is 0 Å². The Labute approximate surface area is 135 Å². The largest absolute Gasteiger partial charge is 0.266 e. The van der Waals surface area contributed by atoms with E-state index in [0.29, 0.717) is 17.9 Å². The van der Waals surface area contributed by atoms with E-state index in [4.69, 9.17) is 5.10 Å². The van der Waals surface area contributed by atoms with Crippen LogP contribution < -0.4 is 0 Å². The van der Waals surface area contributed by atoms with Crippen LogP contribution in [0.4, 0.5) is 0 Å². The molecule has 0 aliphatic heterocycles. The van der Waals surface area contributed by atoms with Crippen molar-refractivity contribution in [3.8, 4) is 11.1 Å². The van der Waals surface area contributed by atoms with Gasteiger partial charge in [0.2, 0.25) is 0 Å². The molecule has 0 atom stereocenters. The smallest absolute Gasteiger partial charge is 0.0731 e. The molecule has 22 heavy (non-hydrogen) atoms. The van der Waals surface area contributed by atoms with Crippen LogP contribution in [0.3, 0.4) is 0 Å². The van der Waals surface area contributed by atoms with Gasteiger partial charge in [0.05, 0.1) is 5.69 Å². The number of rotatable bonds is 4. The summed E-state index contributed by atoms with van der Waals surface area (Å²) in [6, 6.07) is 7.22. The fraction of sp³-hybridized carbons (Fsp3) is 0.550. The van der Waals surface area contributed by atoms with Crippen molar-refractivity contribution in [2.45, 2.75) is 73.3 Å². The molecule has 1 aromatic carbocycles. The van der Waals surface area contributed by atoms with E-state index >= 15 is 0 Å². The highest BCUT2D eigenvalue weighted by atomic mass is 15.3. The van der Waals surface area contributed by atoms with E-state index in [1.54, 1.807) is 0 Å². The van der Waals surface area contributed by atoms with Gasteiger partial charge in [0.25, 0.3) is 0 Å². The lowest BCUT2D eigenvalue weighted by molar-refractivity contribution is 0.491. The molecule has 2 heteroatoms. The number of hydrogen-bond acceptors (Lipinski definition) is 1. The molecule has 0 saturated heterocycles. The van der Waals surface area contributed by atoms with Gasteiger partial charge < -0.3 is 0 Å². The van der Waals surface area contributed by atoms with Gasteiger partial charge >= 0.3 is 0 Å². The predicted molar refractivity (Wildman–Crippen MR) is 95.7 cm³/mol. The van der Waals surface area contributed by atoms with E-state index in [1.807, 2.05) is 0 Å². The maximum atomic E-state index is 4.98. The number of hydrogen-bond donors (Lipinski definition) is 0. The van der Waals surface area contributed by atoms with Crippen LogP contribution in [-0.2, 0) is 0 Å². The molecule has 1 heterocycles. The van der Waals surface area contributed by atoms with Crippen molar-refractivity contribution < 1.29 is 0 Å². The van der Waals surface area contributed by atoms with Gasteiger partial charge in [-0.25, -0.2) is 0 Å². The molecule has 2 aromatic rings. The van der Waals surface area contributed by atoms with E-state index in [2.05, 4.69) is 78.3 Å². The Morgan fingerprint density at radius 2 is 1.36 bits per heavy atom. The number of aryl methyl sites for hydroxylation is 2. The Bertz CT molecular complexity index is 640. The summed E-state index contributed by atoms with van der Waals surface area (Å²) < 4.78 is 2.23. The third-order valence-electron chi connectivity index (χ3n) is 4.07. The average Bonchev–Trinajstić information content (AvgIpc) is 2.77. The molecule has 0 saturated carbocycles. The van der Waals surface area contributed by atoms with Crippen molar-refractivity contribution in [3.05, 3.63) is 40.7 Å². The average molecular weight is 298 g/mol. The maximum absolute atomic E-state index is 4.98. The molecule has 0 amide bonds. The van der Waals surface area contributed by atoms with Crippen LogP contribution in [0.5, 0.6) is 0 Å². The van der Waals surface area contributed by atoms with E-state index in [9.17, 15) is 0 Å². The Morgan fingerprint density at radius 3 is 1.77 bits per heavy atom. The third-order valence-corrected chi connectivity index (χ3v) is 4.07. The summed E-state index contributed by atoms with van der Waals surface area (Å²) in [6.45, 7) is 17.8. The Morgan fingerprint density at radius 1 is 0.818 bits per heavy atom. The van der Waals surface area contributed by atoms with Crippen LogP contribution in [0.25, 0.3) is 11.1 Å². The Balaban J connectivity index is 2.81. The summed E-state index contributed by atoms with van der Waals surface area (Å²) >= 11 is 0. The molecule has 120 valence electrons. The molecule has 0 aliphatic carbocycles. The Kier molecular flexibility index (Phi) is 4.79. The fourth-order valence-electron chi connectivity index (χ4n) is 3.23. The summed E-state index contributed by atoms with van der Waals surface area (Å²) in [5.74, 6) is 0.881. The van der Waals surface area contributed by atoms with Gasteiger partial charge in [-0.3, -0.25) is 4.68 Å². The summed E-state index contributed by atoms with van der Waals surface area (Å²) in [4.78, 5) is 0. The lowest BCUT2D eigenvalue weighted by Crippen LogP contribution is -2.09. The number of aromatic nitrogens is 2. The molecule has 0 bridgehead atoms. The molecular formula is C20H30N2. The number of nitrogens with zero attached hydrogens (tertiary/aromatic N) is 2. The molecule has 2 nitrogen and oxygen atoms in total. The molecule has 0 fully saturated rings. The number of benzene rings is 1. The standard InChI is InChI=1S/C20H30N2/c1-12(2)19-18(17-10-15(7)9-16(8)11-17)20(13(3)4)22(21-19)14(5)6/h9-14H,1-8H3.